The molecule has 2 aromatic carbocycles. The summed E-state index contributed by atoms with van der Waals surface area (Å²) in [5.74, 6) is 2.02. The Kier molecular flexibility index (Phi) is 10.8. The first-order chi connectivity index (χ1) is 19.7. The highest BCUT2D eigenvalue weighted by Crippen LogP contribution is 2.33. The third-order valence-corrected chi connectivity index (χ3v) is 7.93. The van der Waals surface area contributed by atoms with E-state index in [4.69, 9.17) is 18.9 Å². The molecule has 41 heavy (non-hydrogen) atoms. The molecular formula is C32H47N3O6. The van der Waals surface area contributed by atoms with Gasteiger partial charge in [-0.15, -0.1) is 0 Å². The summed E-state index contributed by atoms with van der Waals surface area (Å²) < 4.78 is 23.8. The summed E-state index contributed by atoms with van der Waals surface area (Å²) in [5, 5.41) is 10.1. The number of benzene rings is 2. The standard InChI is InChI=1S/C32H47N3O6/c1-22-17-35(23(2)20-36)32(37)27-16-26(33(4)5)11-13-28(27)41-24(3)9-7-8-14-38-31(22)19-34(6)18-25-10-12-29-30(15-25)40-21-39-29/h10-13,15-16,22-24,31,36H,7-9,14,17-21H2,1-6H3/t22-,23+,24-,31+/m0/s1. The monoisotopic (exact) mass is 569 g/mol. The molecule has 0 unspecified atom stereocenters. The molecule has 9 heteroatoms. The summed E-state index contributed by atoms with van der Waals surface area (Å²) in [4.78, 5) is 20.1. The molecule has 2 aliphatic heterocycles. The van der Waals surface area contributed by atoms with E-state index in [-0.39, 0.29) is 43.5 Å². The number of aliphatic hydroxyl groups is 1. The summed E-state index contributed by atoms with van der Waals surface area (Å²) in [6.45, 7) is 8.71. The third-order valence-electron chi connectivity index (χ3n) is 7.93. The summed E-state index contributed by atoms with van der Waals surface area (Å²) in [6.07, 6.45) is 2.64. The molecule has 226 valence electrons. The molecule has 0 saturated carbocycles. The maximum Gasteiger partial charge on any atom is 0.258 e. The number of aliphatic hydroxyl groups excluding tert-OH is 1. The van der Waals surface area contributed by atoms with Crippen LogP contribution in [0.3, 0.4) is 0 Å². The van der Waals surface area contributed by atoms with Crippen LogP contribution in [0.2, 0.25) is 0 Å². The van der Waals surface area contributed by atoms with Crippen LogP contribution in [0, 0.1) is 5.92 Å². The van der Waals surface area contributed by atoms with Crippen molar-refractivity contribution in [3.05, 3.63) is 47.5 Å². The highest BCUT2D eigenvalue weighted by molar-refractivity contribution is 5.98. The molecule has 2 aliphatic rings. The summed E-state index contributed by atoms with van der Waals surface area (Å²) in [6, 6.07) is 11.5. The van der Waals surface area contributed by atoms with E-state index in [2.05, 4.69) is 24.9 Å². The molecule has 4 rings (SSSR count). The minimum Gasteiger partial charge on any atom is -0.490 e. The van der Waals surface area contributed by atoms with E-state index in [1.54, 1.807) is 4.90 Å². The topological polar surface area (TPSA) is 83.9 Å². The molecule has 0 radical (unpaired) electrons. The van der Waals surface area contributed by atoms with Gasteiger partial charge in [0.15, 0.2) is 11.5 Å². The first-order valence-electron chi connectivity index (χ1n) is 14.7. The van der Waals surface area contributed by atoms with E-state index < -0.39 is 0 Å². The number of hydrogen-bond acceptors (Lipinski definition) is 8. The van der Waals surface area contributed by atoms with E-state index in [9.17, 15) is 9.90 Å². The fourth-order valence-corrected chi connectivity index (χ4v) is 5.37. The van der Waals surface area contributed by atoms with Gasteiger partial charge in [0.2, 0.25) is 6.79 Å². The number of carbonyl (C=O) groups excluding carboxylic acids is 1. The van der Waals surface area contributed by atoms with Crippen molar-refractivity contribution in [1.82, 2.24) is 9.80 Å². The summed E-state index contributed by atoms with van der Waals surface area (Å²) in [7, 11) is 6.00. The number of anilines is 1. The van der Waals surface area contributed by atoms with Crippen LogP contribution in [0.1, 0.15) is 56.0 Å². The van der Waals surface area contributed by atoms with Crippen LogP contribution in [-0.2, 0) is 11.3 Å². The highest BCUT2D eigenvalue weighted by atomic mass is 16.7. The molecule has 1 N–H and O–H groups in total. The number of rotatable bonds is 7. The van der Waals surface area contributed by atoms with Gasteiger partial charge in [-0.2, -0.15) is 0 Å². The number of nitrogens with zero attached hydrogens (tertiary/aromatic N) is 3. The number of likely N-dealkylation sites (N-methyl/N-ethyl adjacent to an activating group) is 1. The van der Waals surface area contributed by atoms with Gasteiger partial charge >= 0.3 is 0 Å². The van der Waals surface area contributed by atoms with Crippen molar-refractivity contribution < 1.29 is 28.8 Å². The molecule has 0 aromatic heterocycles. The Hall–Kier alpha value is -3.01. The largest absolute Gasteiger partial charge is 0.490 e. The summed E-state index contributed by atoms with van der Waals surface area (Å²) >= 11 is 0. The SMILES string of the molecule is C[C@H](CO)N1C[C@H](C)[C@@H](CN(C)Cc2ccc3c(c2)OCO3)OCCCC[C@H](C)Oc2ccc(N(C)C)cc2C1=O. The number of ether oxygens (including phenoxy) is 4. The first-order valence-corrected chi connectivity index (χ1v) is 14.7. The van der Waals surface area contributed by atoms with Gasteiger partial charge in [0.25, 0.3) is 5.91 Å². The quantitative estimate of drug-likeness (QED) is 0.525. The van der Waals surface area contributed by atoms with Crippen molar-refractivity contribution in [1.29, 1.82) is 0 Å². The van der Waals surface area contributed by atoms with Crippen LogP contribution in [0.4, 0.5) is 5.69 Å². The van der Waals surface area contributed by atoms with Crippen molar-refractivity contribution in [2.24, 2.45) is 5.92 Å². The molecule has 0 bridgehead atoms. The van der Waals surface area contributed by atoms with E-state index in [0.29, 0.717) is 31.0 Å². The predicted octanol–water partition coefficient (Wildman–Crippen LogP) is 4.41. The summed E-state index contributed by atoms with van der Waals surface area (Å²) in [5.41, 5.74) is 2.58. The maximum absolute atomic E-state index is 14.1. The van der Waals surface area contributed by atoms with Crippen LogP contribution >= 0.6 is 0 Å². The molecule has 2 aromatic rings. The predicted molar refractivity (Wildman–Crippen MR) is 160 cm³/mol. The second kappa shape index (κ2) is 14.2. The van der Waals surface area contributed by atoms with Crippen LogP contribution in [0.25, 0.3) is 0 Å². The van der Waals surface area contributed by atoms with Crippen LogP contribution in [-0.4, -0.2) is 93.3 Å². The van der Waals surface area contributed by atoms with Gasteiger partial charge in [-0.05, 0) is 76.1 Å². The Morgan fingerprint density at radius 3 is 2.54 bits per heavy atom. The van der Waals surface area contributed by atoms with Crippen LogP contribution < -0.4 is 19.1 Å². The smallest absolute Gasteiger partial charge is 0.258 e. The minimum atomic E-state index is -0.363. The lowest BCUT2D eigenvalue weighted by atomic mass is 10.0. The number of amides is 1. The number of hydrogen-bond donors (Lipinski definition) is 1. The number of carbonyl (C=O) groups is 1. The van der Waals surface area contributed by atoms with Gasteiger partial charge in [0.1, 0.15) is 5.75 Å². The Morgan fingerprint density at radius 1 is 1.02 bits per heavy atom. The molecule has 0 spiro atoms. The molecule has 0 aliphatic carbocycles. The van der Waals surface area contributed by atoms with Gasteiger partial charge in [0.05, 0.1) is 30.4 Å². The Labute approximate surface area is 244 Å². The number of fused-ring (bicyclic) bond motifs is 2. The van der Waals surface area contributed by atoms with Crippen LogP contribution in [0.15, 0.2) is 36.4 Å². The minimum absolute atomic E-state index is 0.0235. The van der Waals surface area contributed by atoms with Gasteiger partial charge < -0.3 is 33.9 Å². The van der Waals surface area contributed by atoms with E-state index in [1.807, 2.05) is 63.2 Å². The van der Waals surface area contributed by atoms with Crippen molar-refractivity contribution in [3.63, 3.8) is 0 Å². The molecule has 9 nitrogen and oxygen atoms in total. The molecule has 4 atom stereocenters. The molecule has 2 heterocycles. The molecular weight excluding hydrogens is 522 g/mol. The second-order valence-electron chi connectivity index (χ2n) is 11.8. The van der Waals surface area contributed by atoms with Crippen molar-refractivity contribution in [2.45, 2.75) is 64.8 Å². The average molecular weight is 570 g/mol. The van der Waals surface area contributed by atoms with Gasteiger partial charge in [-0.25, -0.2) is 0 Å². The van der Waals surface area contributed by atoms with Crippen molar-refractivity contribution in [3.8, 4) is 17.2 Å². The Bertz CT molecular complexity index is 1160. The van der Waals surface area contributed by atoms with E-state index in [1.165, 1.54) is 0 Å². The lowest BCUT2D eigenvalue weighted by Gasteiger charge is -2.36. The lowest BCUT2D eigenvalue weighted by molar-refractivity contribution is -0.0177. The van der Waals surface area contributed by atoms with Gasteiger partial charge in [0, 0.05) is 51.9 Å². The Balaban J connectivity index is 1.57. The fourth-order valence-electron chi connectivity index (χ4n) is 5.37. The van der Waals surface area contributed by atoms with Gasteiger partial charge in [-0.3, -0.25) is 9.69 Å². The third kappa shape index (κ3) is 8.05. The normalized spacial score (nSPS) is 22.6. The molecule has 0 fully saturated rings. The van der Waals surface area contributed by atoms with E-state index >= 15 is 0 Å². The Morgan fingerprint density at radius 2 is 1.78 bits per heavy atom. The first kappa shape index (κ1) is 30.9. The van der Waals surface area contributed by atoms with Gasteiger partial charge in [-0.1, -0.05) is 13.0 Å². The second-order valence-corrected chi connectivity index (χ2v) is 11.8. The van der Waals surface area contributed by atoms with E-state index in [0.717, 1.165) is 48.6 Å². The zero-order valence-corrected chi connectivity index (χ0v) is 25.5. The fraction of sp³-hybridized carbons (Fsp3) is 0.594. The molecule has 1 amide bonds. The van der Waals surface area contributed by atoms with Crippen LogP contribution in [0.5, 0.6) is 17.2 Å². The maximum atomic E-state index is 14.1. The zero-order valence-electron chi connectivity index (χ0n) is 25.5. The van der Waals surface area contributed by atoms with Crippen molar-refractivity contribution in [2.75, 3.05) is 59.1 Å². The average Bonchev–Trinajstić information content (AvgIpc) is 3.42. The molecule has 0 saturated heterocycles. The lowest BCUT2D eigenvalue weighted by Crippen LogP contribution is -2.47. The zero-order chi connectivity index (χ0) is 29.5. The van der Waals surface area contributed by atoms with Crippen molar-refractivity contribution >= 4 is 11.6 Å². The highest BCUT2D eigenvalue weighted by Gasteiger charge is 2.30.